The monoisotopic (exact) mass is 370 g/mol. The standard InChI is InChI=1S/C21H23ClN2O2/c22-17-10-6-15(7-11-17)14-20(25)23-19-12-8-16(9-13-19)21(26)24-18-4-2-1-3-5-18/h6-13,18H,1-5,14H2,(H,23,25)(H,24,26). The molecule has 0 bridgehead atoms. The third-order valence-corrected chi connectivity index (χ3v) is 4.90. The number of rotatable bonds is 5. The Labute approximate surface area is 158 Å². The molecule has 26 heavy (non-hydrogen) atoms. The van der Waals surface area contributed by atoms with Gasteiger partial charge in [0, 0.05) is 22.3 Å². The maximum Gasteiger partial charge on any atom is 0.251 e. The van der Waals surface area contributed by atoms with Gasteiger partial charge in [-0.05, 0) is 54.8 Å². The molecule has 1 aliphatic carbocycles. The molecular weight excluding hydrogens is 348 g/mol. The van der Waals surface area contributed by atoms with Gasteiger partial charge < -0.3 is 10.6 Å². The first-order valence-electron chi connectivity index (χ1n) is 9.05. The zero-order valence-corrected chi connectivity index (χ0v) is 15.4. The number of anilines is 1. The van der Waals surface area contributed by atoms with Gasteiger partial charge in [0.05, 0.1) is 6.42 Å². The quantitative estimate of drug-likeness (QED) is 0.809. The molecule has 0 spiro atoms. The van der Waals surface area contributed by atoms with Gasteiger partial charge in [0.2, 0.25) is 5.91 Å². The first-order valence-corrected chi connectivity index (χ1v) is 9.43. The molecule has 0 unspecified atom stereocenters. The second kappa shape index (κ2) is 8.86. The zero-order chi connectivity index (χ0) is 18.4. The van der Waals surface area contributed by atoms with Crippen LogP contribution in [0, 0.1) is 0 Å². The lowest BCUT2D eigenvalue weighted by Gasteiger charge is -2.22. The summed E-state index contributed by atoms with van der Waals surface area (Å²) in [7, 11) is 0. The van der Waals surface area contributed by atoms with E-state index in [1.165, 1.54) is 19.3 Å². The van der Waals surface area contributed by atoms with Crippen molar-refractivity contribution < 1.29 is 9.59 Å². The lowest BCUT2D eigenvalue weighted by Crippen LogP contribution is -2.36. The van der Waals surface area contributed by atoms with Gasteiger partial charge in [-0.2, -0.15) is 0 Å². The van der Waals surface area contributed by atoms with Gasteiger partial charge in [-0.3, -0.25) is 9.59 Å². The van der Waals surface area contributed by atoms with E-state index in [0.717, 1.165) is 18.4 Å². The Morgan fingerprint density at radius 3 is 2.23 bits per heavy atom. The summed E-state index contributed by atoms with van der Waals surface area (Å²) in [4.78, 5) is 24.4. The Kier molecular flexibility index (Phi) is 6.29. The number of hydrogen-bond acceptors (Lipinski definition) is 2. The Bertz CT molecular complexity index is 751. The van der Waals surface area contributed by atoms with Gasteiger partial charge in [0.15, 0.2) is 0 Å². The fourth-order valence-corrected chi connectivity index (χ4v) is 3.34. The molecule has 0 aliphatic heterocycles. The number of carbonyl (C=O) groups is 2. The third-order valence-electron chi connectivity index (χ3n) is 4.65. The van der Waals surface area contributed by atoms with Crippen molar-refractivity contribution in [3.05, 3.63) is 64.7 Å². The van der Waals surface area contributed by atoms with E-state index in [4.69, 9.17) is 11.6 Å². The fourth-order valence-electron chi connectivity index (χ4n) is 3.21. The minimum atomic E-state index is -0.105. The maximum atomic E-state index is 12.3. The molecule has 0 aromatic heterocycles. The summed E-state index contributed by atoms with van der Waals surface area (Å²) in [6.45, 7) is 0. The summed E-state index contributed by atoms with van der Waals surface area (Å²) >= 11 is 5.85. The van der Waals surface area contributed by atoms with E-state index in [9.17, 15) is 9.59 Å². The molecule has 0 heterocycles. The average Bonchev–Trinajstić information content (AvgIpc) is 2.65. The molecule has 1 fully saturated rings. The van der Waals surface area contributed by atoms with Crippen LogP contribution in [0.5, 0.6) is 0 Å². The van der Waals surface area contributed by atoms with Gasteiger partial charge in [-0.15, -0.1) is 0 Å². The predicted molar refractivity (Wildman–Crippen MR) is 105 cm³/mol. The number of benzene rings is 2. The van der Waals surface area contributed by atoms with E-state index in [1.54, 1.807) is 36.4 Å². The number of halogens is 1. The molecule has 1 aliphatic rings. The van der Waals surface area contributed by atoms with Crippen LogP contribution >= 0.6 is 11.6 Å². The van der Waals surface area contributed by atoms with Crippen molar-refractivity contribution in [2.45, 2.75) is 44.6 Å². The highest BCUT2D eigenvalue weighted by molar-refractivity contribution is 6.30. The van der Waals surface area contributed by atoms with Crippen molar-refractivity contribution in [2.75, 3.05) is 5.32 Å². The van der Waals surface area contributed by atoms with Gasteiger partial charge >= 0.3 is 0 Å². The summed E-state index contributed by atoms with van der Waals surface area (Å²) in [5.41, 5.74) is 2.19. The van der Waals surface area contributed by atoms with Gasteiger partial charge in [0.1, 0.15) is 0 Å². The number of carbonyl (C=O) groups excluding carboxylic acids is 2. The molecule has 2 aromatic carbocycles. The van der Waals surface area contributed by atoms with Gasteiger partial charge in [-0.1, -0.05) is 43.0 Å². The van der Waals surface area contributed by atoms with Crippen LogP contribution in [-0.2, 0) is 11.2 Å². The van der Waals surface area contributed by atoms with Crippen LogP contribution in [0.1, 0.15) is 48.0 Å². The second-order valence-electron chi connectivity index (χ2n) is 6.74. The molecule has 2 N–H and O–H groups in total. The molecule has 3 rings (SSSR count). The highest BCUT2D eigenvalue weighted by Gasteiger charge is 2.16. The SMILES string of the molecule is O=C(Cc1ccc(Cl)cc1)Nc1ccc(C(=O)NC2CCCCC2)cc1. The molecule has 4 nitrogen and oxygen atoms in total. The lowest BCUT2D eigenvalue weighted by atomic mass is 9.95. The van der Waals surface area contributed by atoms with E-state index in [2.05, 4.69) is 10.6 Å². The van der Waals surface area contributed by atoms with E-state index in [1.807, 2.05) is 12.1 Å². The van der Waals surface area contributed by atoms with E-state index < -0.39 is 0 Å². The minimum absolute atomic E-state index is 0.0454. The molecule has 0 radical (unpaired) electrons. The summed E-state index contributed by atoms with van der Waals surface area (Å²) in [5, 5.41) is 6.59. The molecule has 0 atom stereocenters. The molecular formula is C21H23ClN2O2. The highest BCUT2D eigenvalue weighted by Crippen LogP contribution is 2.18. The van der Waals surface area contributed by atoms with Crippen LogP contribution in [0.2, 0.25) is 5.02 Å². The second-order valence-corrected chi connectivity index (χ2v) is 7.17. The van der Waals surface area contributed by atoms with Crippen LogP contribution in [0.25, 0.3) is 0 Å². The fraction of sp³-hybridized carbons (Fsp3) is 0.333. The Hall–Kier alpha value is -2.33. The molecule has 2 aromatic rings. The summed E-state index contributed by atoms with van der Waals surface area (Å²) in [6.07, 6.45) is 6.03. The van der Waals surface area contributed by atoms with Crippen LogP contribution < -0.4 is 10.6 Å². The smallest absolute Gasteiger partial charge is 0.251 e. The Balaban J connectivity index is 1.52. The van der Waals surface area contributed by atoms with Crippen molar-refractivity contribution in [1.29, 1.82) is 0 Å². The molecule has 0 saturated heterocycles. The van der Waals surface area contributed by atoms with Crippen LogP contribution in [0.15, 0.2) is 48.5 Å². The summed E-state index contributed by atoms with van der Waals surface area (Å²) in [5.74, 6) is -0.150. The molecule has 1 saturated carbocycles. The predicted octanol–water partition coefficient (Wildman–Crippen LogP) is 4.58. The van der Waals surface area contributed by atoms with E-state index in [0.29, 0.717) is 16.3 Å². The van der Waals surface area contributed by atoms with Crippen molar-refractivity contribution in [1.82, 2.24) is 5.32 Å². The molecule has 5 heteroatoms. The van der Waals surface area contributed by atoms with E-state index >= 15 is 0 Å². The Morgan fingerprint density at radius 1 is 0.923 bits per heavy atom. The largest absolute Gasteiger partial charge is 0.349 e. The third kappa shape index (κ3) is 5.33. The Morgan fingerprint density at radius 2 is 1.58 bits per heavy atom. The minimum Gasteiger partial charge on any atom is -0.349 e. The molecule has 2 amide bonds. The number of hydrogen-bond donors (Lipinski definition) is 2. The van der Waals surface area contributed by atoms with E-state index in [-0.39, 0.29) is 24.3 Å². The number of nitrogens with one attached hydrogen (secondary N) is 2. The summed E-state index contributed by atoms with van der Waals surface area (Å²) in [6, 6.07) is 14.5. The molecule has 136 valence electrons. The number of amides is 2. The van der Waals surface area contributed by atoms with Crippen LogP contribution in [0.3, 0.4) is 0 Å². The van der Waals surface area contributed by atoms with Crippen LogP contribution in [-0.4, -0.2) is 17.9 Å². The van der Waals surface area contributed by atoms with Crippen molar-refractivity contribution in [2.24, 2.45) is 0 Å². The average molecular weight is 371 g/mol. The summed E-state index contributed by atoms with van der Waals surface area (Å²) < 4.78 is 0. The zero-order valence-electron chi connectivity index (χ0n) is 14.6. The maximum absolute atomic E-state index is 12.3. The van der Waals surface area contributed by atoms with Crippen molar-refractivity contribution in [3.8, 4) is 0 Å². The first-order chi connectivity index (χ1) is 12.6. The van der Waals surface area contributed by atoms with Crippen LogP contribution in [0.4, 0.5) is 5.69 Å². The van der Waals surface area contributed by atoms with Gasteiger partial charge in [-0.25, -0.2) is 0 Å². The van der Waals surface area contributed by atoms with Crippen molar-refractivity contribution in [3.63, 3.8) is 0 Å². The topological polar surface area (TPSA) is 58.2 Å². The lowest BCUT2D eigenvalue weighted by molar-refractivity contribution is -0.115. The van der Waals surface area contributed by atoms with Gasteiger partial charge in [0.25, 0.3) is 5.91 Å². The highest BCUT2D eigenvalue weighted by atomic mass is 35.5. The normalized spacial score (nSPS) is 14.7. The van der Waals surface area contributed by atoms with Crippen molar-refractivity contribution >= 4 is 29.1 Å². The first kappa shape index (κ1) is 18.5.